The lowest BCUT2D eigenvalue weighted by atomic mass is 9.65. The Kier molecular flexibility index (Phi) is 8.48. The Hall–Kier alpha value is -7.17. The molecule has 318 valence electrons. The molecule has 5 aliphatic carbocycles. The van der Waals surface area contributed by atoms with Crippen molar-refractivity contribution in [2.45, 2.75) is 61.7 Å². The predicted octanol–water partition coefficient (Wildman–Crippen LogP) is 15.1. The first-order chi connectivity index (χ1) is 32.6. The van der Waals surface area contributed by atoms with Crippen LogP contribution in [0, 0.1) is 17.8 Å². The van der Waals surface area contributed by atoms with Gasteiger partial charge in [-0.05, 0) is 118 Å². The summed E-state index contributed by atoms with van der Waals surface area (Å²) in [5.74, 6) is 6.99. The Morgan fingerprint density at radius 2 is 1.05 bits per heavy atom. The van der Waals surface area contributed by atoms with E-state index in [1.54, 1.807) is 0 Å². The SMILES string of the molecule is C1=CCC(c2ccc(-c3nc(-c4ccc(-c5cccc6c5-c5ccccc5C65c6ccccc6Oc6ccccc65)cc4)nc(-c4ccc(C56CC7C[C@@H](CC[C@@H]7C5)C6)cc4)n3)cc2)C=C1. The summed E-state index contributed by atoms with van der Waals surface area (Å²) in [6, 6.07) is 60.0. The molecule has 66 heavy (non-hydrogen) atoms. The molecule has 0 N–H and O–H groups in total. The predicted molar refractivity (Wildman–Crippen MR) is 264 cm³/mol. The molecule has 0 radical (unpaired) electrons. The second-order valence-corrected chi connectivity index (χ2v) is 19.9. The normalized spacial score (nSPS) is 23.2. The van der Waals surface area contributed by atoms with Gasteiger partial charge in [0.1, 0.15) is 11.5 Å². The highest BCUT2D eigenvalue weighted by molar-refractivity contribution is 5.96. The zero-order valence-electron chi connectivity index (χ0n) is 36.9. The maximum Gasteiger partial charge on any atom is 0.164 e. The summed E-state index contributed by atoms with van der Waals surface area (Å²) >= 11 is 0. The average molecular weight is 852 g/mol. The third-order valence-corrected chi connectivity index (χ3v) is 16.5. The summed E-state index contributed by atoms with van der Waals surface area (Å²) in [6.07, 6.45) is 18.2. The van der Waals surface area contributed by atoms with Gasteiger partial charge in [0.05, 0.1) is 5.41 Å². The Bertz CT molecular complexity index is 3240. The smallest absolute Gasteiger partial charge is 0.164 e. The fourth-order valence-electron chi connectivity index (χ4n) is 13.7. The van der Waals surface area contributed by atoms with Crippen LogP contribution in [0.4, 0.5) is 0 Å². The molecule has 7 aromatic carbocycles. The third kappa shape index (κ3) is 5.73. The van der Waals surface area contributed by atoms with Crippen LogP contribution in [0.5, 0.6) is 11.5 Å². The fourth-order valence-corrected chi connectivity index (χ4v) is 13.7. The van der Waals surface area contributed by atoms with Crippen molar-refractivity contribution in [3.05, 3.63) is 221 Å². The van der Waals surface area contributed by atoms with E-state index in [4.69, 9.17) is 19.7 Å². The monoisotopic (exact) mass is 851 g/mol. The zero-order chi connectivity index (χ0) is 43.4. The molecular weight excluding hydrogens is 803 g/mol. The van der Waals surface area contributed by atoms with E-state index in [-0.39, 0.29) is 0 Å². The molecule has 14 rings (SSSR count). The van der Waals surface area contributed by atoms with E-state index in [1.807, 2.05) is 0 Å². The molecule has 3 unspecified atom stereocenters. The van der Waals surface area contributed by atoms with Crippen molar-refractivity contribution < 1.29 is 4.74 Å². The van der Waals surface area contributed by atoms with E-state index < -0.39 is 5.41 Å². The Balaban J connectivity index is 0.863. The highest BCUT2D eigenvalue weighted by atomic mass is 16.5. The van der Waals surface area contributed by atoms with Gasteiger partial charge in [-0.25, -0.2) is 15.0 Å². The zero-order valence-corrected chi connectivity index (χ0v) is 36.9. The molecule has 1 aliphatic heterocycles. The van der Waals surface area contributed by atoms with Crippen molar-refractivity contribution in [2.24, 2.45) is 17.8 Å². The summed E-state index contributed by atoms with van der Waals surface area (Å²) < 4.78 is 6.60. The number of ether oxygens (including phenoxy) is 1. The van der Waals surface area contributed by atoms with Crippen LogP contribution in [-0.4, -0.2) is 15.0 Å². The van der Waals surface area contributed by atoms with Crippen LogP contribution in [-0.2, 0) is 10.8 Å². The first kappa shape index (κ1) is 38.1. The van der Waals surface area contributed by atoms with Gasteiger partial charge in [0, 0.05) is 33.7 Å². The number of allylic oxidation sites excluding steroid dienone is 4. The lowest BCUT2D eigenvalue weighted by molar-refractivity contribution is 0.163. The Morgan fingerprint density at radius 1 is 0.470 bits per heavy atom. The van der Waals surface area contributed by atoms with E-state index in [0.29, 0.717) is 28.8 Å². The van der Waals surface area contributed by atoms with Gasteiger partial charge in [0.2, 0.25) is 0 Å². The van der Waals surface area contributed by atoms with Gasteiger partial charge in [-0.1, -0.05) is 182 Å². The molecule has 1 aromatic heterocycles. The fraction of sp³-hybridized carbons (Fsp3) is 0.210. The van der Waals surface area contributed by atoms with E-state index in [1.165, 1.54) is 88.6 Å². The van der Waals surface area contributed by atoms with E-state index in [9.17, 15) is 0 Å². The van der Waals surface area contributed by atoms with Crippen molar-refractivity contribution in [2.75, 3.05) is 0 Å². The number of hydrogen-bond donors (Lipinski definition) is 0. The highest BCUT2D eigenvalue weighted by Crippen LogP contribution is 2.64. The van der Waals surface area contributed by atoms with Crippen molar-refractivity contribution in [3.63, 3.8) is 0 Å². The topological polar surface area (TPSA) is 47.9 Å². The van der Waals surface area contributed by atoms with Crippen LogP contribution in [0.2, 0.25) is 0 Å². The maximum atomic E-state index is 6.60. The van der Waals surface area contributed by atoms with Crippen molar-refractivity contribution in [3.8, 4) is 67.9 Å². The summed E-state index contributed by atoms with van der Waals surface area (Å²) in [7, 11) is 0. The molecule has 3 fully saturated rings. The second-order valence-electron chi connectivity index (χ2n) is 19.9. The molecule has 3 bridgehead atoms. The van der Waals surface area contributed by atoms with Gasteiger partial charge in [0.25, 0.3) is 0 Å². The molecule has 1 spiro atoms. The quantitative estimate of drug-likeness (QED) is 0.167. The van der Waals surface area contributed by atoms with E-state index in [0.717, 1.165) is 57.9 Å². The number of benzene rings is 7. The molecule has 4 nitrogen and oxygen atoms in total. The van der Waals surface area contributed by atoms with Crippen molar-refractivity contribution in [1.82, 2.24) is 15.0 Å². The molecule has 5 atom stereocenters. The molecule has 6 aliphatic rings. The molecule has 0 amide bonds. The Labute approximate surface area is 386 Å². The van der Waals surface area contributed by atoms with Gasteiger partial charge in [-0.15, -0.1) is 0 Å². The number of rotatable bonds is 6. The number of hydrogen-bond acceptors (Lipinski definition) is 4. The Morgan fingerprint density at radius 3 is 1.73 bits per heavy atom. The number of nitrogens with zero attached hydrogens (tertiary/aromatic N) is 3. The summed E-state index contributed by atoms with van der Waals surface area (Å²) in [5.41, 5.74) is 15.4. The molecule has 3 saturated carbocycles. The van der Waals surface area contributed by atoms with Gasteiger partial charge >= 0.3 is 0 Å². The van der Waals surface area contributed by atoms with Crippen LogP contribution in [0.3, 0.4) is 0 Å². The molecular formula is C62H49N3O. The van der Waals surface area contributed by atoms with E-state index in [2.05, 4.69) is 188 Å². The largest absolute Gasteiger partial charge is 0.457 e. The molecule has 8 aromatic rings. The lowest BCUT2D eigenvalue weighted by Crippen LogP contribution is -2.32. The number of para-hydroxylation sites is 2. The van der Waals surface area contributed by atoms with Crippen LogP contribution >= 0.6 is 0 Å². The summed E-state index contributed by atoms with van der Waals surface area (Å²) in [5, 5.41) is 0. The van der Waals surface area contributed by atoms with Crippen molar-refractivity contribution in [1.29, 1.82) is 0 Å². The standard InChI is InChI=1S/C62H49N3O/c1-2-11-40(12-3-1)41-23-27-43(28-24-41)58-63-59(65-60(64-58)45-31-33-48(34-32-45)61-36-39-21-22-46(37-61)47(35-39)38-61)44-29-25-42(26-30-44)49-14-10-18-54-57(49)50-13-4-5-15-51(50)62(54)52-16-6-8-19-55(52)66-56-20-9-7-17-53(56)62/h1-11,13-20,23-34,39-40,46-47H,12,21-22,35-38H2/t39-,40?,46-,47?,61?/m1/s1. The minimum absolute atomic E-state index is 0.344. The van der Waals surface area contributed by atoms with Gasteiger partial charge in [0.15, 0.2) is 17.5 Å². The van der Waals surface area contributed by atoms with Gasteiger partial charge < -0.3 is 4.74 Å². The minimum Gasteiger partial charge on any atom is -0.457 e. The van der Waals surface area contributed by atoms with Gasteiger partial charge in [-0.2, -0.15) is 0 Å². The maximum absolute atomic E-state index is 6.60. The van der Waals surface area contributed by atoms with E-state index >= 15 is 0 Å². The lowest BCUT2D eigenvalue weighted by Gasteiger charge is -2.40. The minimum atomic E-state index is -0.513. The molecule has 4 heteroatoms. The first-order valence-electron chi connectivity index (χ1n) is 24.1. The second kappa shape index (κ2) is 14.7. The molecule has 2 heterocycles. The van der Waals surface area contributed by atoms with Gasteiger partial charge in [-0.3, -0.25) is 0 Å². The van der Waals surface area contributed by atoms with Crippen LogP contribution in [0.1, 0.15) is 84.2 Å². The first-order valence-corrected chi connectivity index (χ1v) is 24.1. The highest BCUT2D eigenvalue weighted by Gasteiger charge is 2.54. The van der Waals surface area contributed by atoms with Crippen LogP contribution in [0.25, 0.3) is 56.4 Å². The third-order valence-electron chi connectivity index (χ3n) is 16.5. The van der Waals surface area contributed by atoms with Crippen LogP contribution < -0.4 is 4.74 Å². The van der Waals surface area contributed by atoms with Crippen molar-refractivity contribution >= 4 is 0 Å². The number of aromatic nitrogens is 3. The average Bonchev–Trinajstić information content (AvgIpc) is 3.77. The number of fused-ring (bicyclic) bond motifs is 11. The van der Waals surface area contributed by atoms with Crippen LogP contribution in [0.15, 0.2) is 188 Å². The summed E-state index contributed by atoms with van der Waals surface area (Å²) in [4.78, 5) is 15.7. The molecule has 0 saturated heterocycles. The summed E-state index contributed by atoms with van der Waals surface area (Å²) in [6.45, 7) is 0.